The maximum Gasteiger partial charge on any atom is 0.255 e. The van der Waals surface area contributed by atoms with Gasteiger partial charge in [-0.25, -0.2) is 4.98 Å². The first-order chi connectivity index (χ1) is 18.7. The summed E-state index contributed by atoms with van der Waals surface area (Å²) in [6.07, 6.45) is 10.6. The molecule has 0 spiro atoms. The first-order valence-electron chi connectivity index (χ1n) is 12.9. The standard InChI is InChI=1S/C30H32N6O2/c1-32-16-17-36-27(19-31)28(35-29(36)21-7-4-8-21)23-9-5-10-25(18-23)38-20-24-6-2-3-11-26(24)34-30(37)22-12-14-33-15-13-22/h2-3,5-6,9-18,21,32H,4,7-8,19-20,31H2,1H3,(H,34,37)/b17-16-. The lowest BCUT2D eigenvalue weighted by molar-refractivity contribution is 0.102. The summed E-state index contributed by atoms with van der Waals surface area (Å²) in [6.45, 7) is 0.672. The van der Waals surface area contributed by atoms with E-state index in [2.05, 4.69) is 20.2 Å². The molecule has 1 aliphatic carbocycles. The van der Waals surface area contributed by atoms with E-state index in [0.717, 1.165) is 41.2 Å². The molecule has 8 nitrogen and oxygen atoms in total. The smallest absolute Gasteiger partial charge is 0.255 e. The van der Waals surface area contributed by atoms with Crippen molar-refractivity contribution >= 4 is 17.8 Å². The van der Waals surface area contributed by atoms with Gasteiger partial charge in [0.2, 0.25) is 0 Å². The van der Waals surface area contributed by atoms with E-state index >= 15 is 0 Å². The molecule has 4 N–H and O–H groups in total. The monoisotopic (exact) mass is 508 g/mol. The molecule has 0 radical (unpaired) electrons. The van der Waals surface area contributed by atoms with E-state index in [1.807, 2.05) is 68.0 Å². The third-order valence-electron chi connectivity index (χ3n) is 6.80. The number of ether oxygens (including phenoxy) is 1. The van der Waals surface area contributed by atoms with Gasteiger partial charge in [-0.15, -0.1) is 0 Å². The van der Waals surface area contributed by atoms with E-state index in [0.29, 0.717) is 36.1 Å². The second-order valence-corrected chi connectivity index (χ2v) is 9.24. The molecule has 38 heavy (non-hydrogen) atoms. The number of hydrogen-bond acceptors (Lipinski definition) is 6. The van der Waals surface area contributed by atoms with Crippen molar-refractivity contribution in [1.82, 2.24) is 19.9 Å². The second kappa shape index (κ2) is 11.7. The molecule has 2 aromatic heterocycles. The number of para-hydroxylation sites is 1. The molecule has 1 fully saturated rings. The summed E-state index contributed by atoms with van der Waals surface area (Å²) in [7, 11) is 1.88. The number of hydrogen-bond donors (Lipinski definition) is 3. The van der Waals surface area contributed by atoms with E-state index in [9.17, 15) is 4.79 Å². The van der Waals surface area contributed by atoms with Crippen LogP contribution in [0.25, 0.3) is 17.5 Å². The lowest BCUT2D eigenvalue weighted by Gasteiger charge is -2.25. The number of carbonyl (C=O) groups is 1. The number of anilines is 1. The fraction of sp³-hybridized carbons (Fsp3) is 0.233. The number of aromatic nitrogens is 3. The molecule has 4 aromatic rings. The number of imidazole rings is 1. The van der Waals surface area contributed by atoms with Gasteiger partial charge in [-0.05, 0) is 43.2 Å². The molecule has 0 unspecified atom stereocenters. The summed E-state index contributed by atoms with van der Waals surface area (Å²) in [6, 6.07) is 18.9. The number of amides is 1. The van der Waals surface area contributed by atoms with Crippen molar-refractivity contribution in [3.8, 4) is 17.0 Å². The number of pyridine rings is 1. The number of nitrogens with two attached hydrogens (primary N) is 1. The van der Waals surface area contributed by atoms with Crippen LogP contribution in [0.1, 0.15) is 52.6 Å². The lowest BCUT2D eigenvalue weighted by atomic mass is 9.85. The summed E-state index contributed by atoms with van der Waals surface area (Å²) in [5, 5.41) is 6.04. The molecule has 0 aliphatic heterocycles. The Morgan fingerprint density at radius 2 is 1.95 bits per heavy atom. The molecule has 5 rings (SSSR count). The number of carbonyl (C=O) groups excluding carboxylic acids is 1. The minimum atomic E-state index is -0.193. The van der Waals surface area contributed by atoms with Crippen molar-refractivity contribution in [3.05, 3.63) is 102 Å². The van der Waals surface area contributed by atoms with Gasteiger partial charge in [0.05, 0.1) is 11.4 Å². The average molecular weight is 509 g/mol. The Morgan fingerprint density at radius 3 is 2.68 bits per heavy atom. The number of benzene rings is 2. The fourth-order valence-corrected chi connectivity index (χ4v) is 4.54. The molecule has 8 heteroatoms. The van der Waals surface area contributed by atoms with Crippen LogP contribution < -0.4 is 21.1 Å². The molecule has 0 bridgehead atoms. The summed E-state index contributed by atoms with van der Waals surface area (Å²) in [5.74, 6) is 2.03. The molecular formula is C30H32N6O2. The van der Waals surface area contributed by atoms with Crippen LogP contribution in [0.15, 0.2) is 79.3 Å². The largest absolute Gasteiger partial charge is 0.489 e. The Balaban J connectivity index is 1.36. The van der Waals surface area contributed by atoms with Gasteiger partial charge in [0.15, 0.2) is 0 Å². The number of nitrogens with zero attached hydrogens (tertiary/aromatic N) is 3. The Morgan fingerprint density at radius 1 is 1.13 bits per heavy atom. The Bertz CT molecular complexity index is 1430. The molecule has 1 amide bonds. The Hall–Kier alpha value is -4.43. The molecule has 2 aromatic carbocycles. The maximum atomic E-state index is 12.7. The Kier molecular flexibility index (Phi) is 7.80. The summed E-state index contributed by atoms with van der Waals surface area (Å²) in [5.41, 5.74) is 11.2. The molecule has 0 atom stereocenters. The third kappa shape index (κ3) is 5.45. The van der Waals surface area contributed by atoms with Crippen molar-refractivity contribution in [2.75, 3.05) is 12.4 Å². The van der Waals surface area contributed by atoms with Crippen LogP contribution in [0.3, 0.4) is 0 Å². The van der Waals surface area contributed by atoms with E-state index in [-0.39, 0.29) is 5.91 Å². The molecular weight excluding hydrogens is 476 g/mol. The lowest BCUT2D eigenvalue weighted by Crippen LogP contribution is -2.15. The summed E-state index contributed by atoms with van der Waals surface area (Å²) >= 11 is 0. The van der Waals surface area contributed by atoms with Crippen LogP contribution in [0.2, 0.25) is 0 Å². The molecule has 1 saturated carbocycles. The molecule has 194 valence electrons. The third-order valence-corrected chi connectivity index (χ3v) is 6.80. The summed E-state index contributed by atoms with van der Waals surface area (Å²) in [4.78, 5) is 21.7. The van der Waals surface area contributed by atoms with Crippen molar-refractivity contribution in [2.45, 2.75) is 38.3 Å². The minimum absolute atomic E-state index is 0.193. The van der Waals surface area contributed by atoms with E-state index < -0.39 is 0 Å². The topological polar surface area (TPSA) is 107 Å². The highest BCUT2D eigenvalue weighted by molar-refractivity contribution is 6.04. The van der Waals surface area contributed by atoms with Crippen molar-refractivity contribution < 1.29 is 9.53 Å². The van der Waals surface area contributed by atoms with Crippen molar-refractivity contribution in [1.29, 1.82) is 0 Å². The normalized spacial score (nSPS) is 13.3. The van der Waals surface area contributed by atoms with Crippen molar-refractivity contribution in [2.24, 2.45) is 5.73 Å². The van der Waals surface area contributed by atoms with Gasteiger partial charge in [-0.3, -0.25) is 9.78 Å². The van der Waals surface area contributed by atoms with Crippen LogP contribution in [-0.4, -0.2) is 27.5 Å². The van der Waals surface area contributed by atoms with Gasteiger partial charge in [-0.2, -0.15) is 0 Å². The highest BCUT2D eigenvalue weighted by Crippen LogP contribution is 2.39. The highest BCUT2D eigenvalue weighted by atomic mass is 16.5. The predicted molar refractivity (Wildman–Crippen MR) is 150 cm³/mol. The number of nitrogens with one attached hydrogen (secondary N) is 2. The van der Waals surface area contributed by atoms with Crippen LogP contribution in [0, 0.1) is 0 Å². The van der Waals surface area contributed by atoms with E-state index in [4.69, 9.17) is 15.5 Å². The van der Waals surface area contributed by atoms with Gasteiger partial charge in [-0.1, -0.05) is 36.8 Å². The molecule has 2 heterocycles. The molecule has 1 aliphatic rings. The van der Waals surface area contributed by atoms with E-state index in [1.165, 1.54) is 6.42 Å². The van der Waals surface area contributed by atoms with Crippen LogP contribution >= 0.6 is 0 Å². The fourth-order valence-electron chi connectivity index (χ4n) is 4.54. The zero-order chi connectivity index (χ0) is 26.3. The predicted octanol–water partition coefficient (Wildman–Crippen LogP) is 5.15. The zero-order valence-corrected chi connectivity index (χ0v) is 21.4. The van der Waals surface area contributed by atoms with Crippen LogP contribution in [-0.2, 0) is 13.2 Å². The minimum Gasteiger partial charge on any atom is -0.489 e. The van der Waals surface area contributed by atoms with Crippen LogP contribution in [0.4, 0.5) is 5.69 Å². The van der Waals surface area contributed by atoms with Gasteiger partial charge in [0.25, 0.3) is 5.91 Å². The zero-order valence-electron chi connectivity index (χ0n) is 21.4. The van der Waals surface area contributed by atoms with Gasteiger partial charge >= 0.3 is 0 Å². The SMILES string of the molecule is CN/C=C\n1c(C2CCC2)nc(-c2cccc(OCc3ccccc3NC(=O)c3ccncc3)c2)c1CN. The van der Waals surface area contributed by atoms with Gasteiger partial charge < -0.3 is 25.7 Å². The average Bonchev–Trinajstić information content (AvgIpc) is 3.28. The van der Waals surface area contributed by atoms with Gasteiger partial charge in [0.1, 0.15) is 18.2 Å². The van der Waals surface area contributed by atoms with Crippen LogP contribution in [0.5, 0.6) is 5.75 Å². The summed E-state index contributed by atoms with van der Waals surface area (Å²) < 4.78 is 8.32. The van der Waals surface area contributed by atoms with Gasteiger partial charge in [0, 0.05) is 66.7 Å². The maximum absolute atomic E-state index is 12.7. The first kappa shape index (κ1) is 25.2. The van der Waals surface area contributed by atoms with E-state index in [1.54, 1.807) is 24.5 Å². The molecule has 0 saturated heterocycles. The quantitative estimate of drug-likeness (QED) is 0.273. The van der Waals surface area contributed by atoms with Crippen molar-refractivity contribution in [3.63, 3.8) is 0 Å². The first-order valence-corrected chi connectivity index (χ1v) is 12.9. The second-order valence-electron chi connectivity index (χ2n) is 9.24. The number of rotatable bonds is 10. The Labute approximate surface area is 222 Å². The highest BCUT2D eigenvalue weighted by Gasteiger charge is 2.27.